The molecule has 1 aromatic heterocycles. The predicted octanol–water partition coefficient (Wildman–Crippen LogP) is 4.17. The van der Waals surface area contributed by atoms with E-state index in [1.165, 1.54) is 12.1 Å². The van der Waals surface area contributed by atoms with Crippen molar-refractivity contribution in [2.45, 2.75) is 6.18 Å². The van der Waals surface area contributed by atoms with Crippen LogP contribution in [0.5, 0.6) is 0 Å². The summed E-state index contributed by atoms with van der Waals surface area (Å²) >= 11 is 0. The first-order valence-electron chi connectivity index (χ1n) is 6.16. The number of rotatable bonds is 3. The van der Waals surface area contributed by atoms with E-state index in [2.05, 4.69) is 20.7 Å². The van der Waals surface area contributed by atoms with Crippen molar-refractivity contribution in [2.75, 3.05) is 5.32 Å². The fourth-order valence-corrected chi connectivity index (χ4v) is 1.94. The molecule has 0 spiro atoms. The van der Waals surface area contributed by atoms with Crippen LogP contribution in [0.2, 0.25) is 0 Å². The average molecular weight is 292 g/mol. The van der Waals surface area contributed by atoms with Gasteiger partial charge in [-0.3, -0.25) is 5.10 Å². The number of aromatic amines is 2. The fraction of sp³-hybridized carbons (Fsp3) is 0.0714. The smallest absolute Gasteiger partial charge is 0.355 e. The third-order valence-corrected chi connectivity index (χ3v) is 3.02. The first kappa shape index (κ1) is 13.3. The van der Waals surface area contributed by atoms with Crippen LogP contribution in [-0.4, -0.2) is 15.4 Å². The maximum absolute atomic E-state index is 12.5. The number of nitrogens with zero attached hydrogens (tertiary/aromatic N) is 1. The van der Waals surface area contributed by atoms with Gasteiger partial charge in [0, 0.05) is 16.9 Å². The standard InChI is InChI=1S/C14H11F3N4/c15-14(16,17)9-5-7-10(8-6-9)18-12-4-2-1-3-11(12)13-19-21-20-13/h1-8,18,21H,(H,19,20). The zero-order valence-electron chi connectivity index (χ0n) is 10.7. The van der Waals surface area contributed by atoms with Gasteiger partial charge in [-0.25, -0.2) is 5.21 Å². The molecule has 7 heteroatoms. The summed E-state index contributed by atoms with van der Waals surface area (Å²) in [6.45, 7) is 0. The van der Waals surface area contributed by atoms with Crippen LogP contribution in [0.1, 0.15) is 5.56 Å². The van der Waals surface area contributed by atoms with Gasteiger partial charge in [0.2, 0.25) is 0 Å². The Morgan fingerprint density at radius 3 is 2.19 bits per heavy atom. The number of H-pyrrole nitrogens is 2. The molecule has 0 saturated carbocycles. The third kappa shape index (κ3) is 2.76. The molecule has 0 radical (unpaired) electrons. The Morgan fingerprint density at radius 1 is 0.952 bits per heavy atom. The molecule has 1 heterocycles. The van der Waals surface area contributed by atoms with Crippen LogP contribution >= 0.6 is 0 Å². The van der Waals surface area contributed by atoms with E-state index in [4.69, 9.17) is 0 Å². The topological polar surface area (TPSA) is 56.5 Å². The second-order valence-electron chi connectivity index (χ2n) is 4.44. The van der Waals surface area contributed by atoms with Crippen molar-refractivity contribution in [3.05, 3.63) is 54.1 Å². The van der Waals surface area contributed by atoms with Crippen LogP contribution in [0.25, 0.3) is 11.4 Å². The highest BCUT2D eigenvalue weighted by Crippen LogP contribution is 2.32. The minimum atomic E-state index is -4.33. The number of alkyl halides is 3. The Balaban J connectivity index is 1.85. The van der Waals surface area contributed by atoms with Crippen LogP contribution in [0, 0.1) is 0 Å². The molecule has 0 atom stereocenters. The Kier molecular flexibility index (Phi) is 3.17. The van der Waals surface area contributed by atoms with Crippen LogP contribution in [0.3, 0.4) is 0 Å². The van der Waals surface area contributed by atoms with Gasteiger partial charge in [0.15, 0.2) is 5.82 Å². The minimum absolute atomic E-state index is 0.573. The van der Waals surface area contributed by atoms with Crippen LogP contribution < -0.4 is 5.32 Å². The van der Waals surface area contributed by atoms with Crippen LogP contribution in [0.15, 0.2) is 48.5 Å². The number of halogens is 3. The van der Waals surface area contributed by atoms with E-state index in [1.807, 2.05) is 24.3 Å². The van der Waals surface area contributed by atoms with Gasteiger partial charge in [-0.2, -0.15) is 13.2 Å². The van der Waals surface area contributed by atoms with E-state index in [0.717, 1.165) is 23.4 Å². The molecular formula is C14H11F3N4. The molecule has 0 saturated heterocycles. The maximum atomic E-state index is 12.5. The zero-order valence-corrected chi connectivity index (χ0v) is 10.7. The molecule has 0 aliphatic heterocycles. The molecule has 3 rings (SSSR count). The SMILES string of the molecule is FC(F)(F)c1ccc(Nc2ccccc2-c2n[nH][nH]2)cc1. The molecule has 0 aliphatic rings. The lowest BCUT2D eigenvalue weighted by molar-refractivity contribution is -0.137. The van der Waals surface area contributed by atoms with Gasteiger partial charge in [-0.1, -0.05) is 12.1 Å². The molecule has 0 amide bonds. The first-order valence-corrected chi connectivity index (χ1v) is 6.16. The molecule has 21 heavy (non-hydrogen) atoms. The second-order valence-corrected chi connectivity index (χ2v) is 4.44. The van der Waals surface area contributed by atoms with E-state index >= 15 is 0 Å². The molecule has 0 bridgehead atoms. The van der Waals surface area contributed by atoms with E-state index in [-0.39, 0.29) is 0 Å². The first-order chi connectivity index (χ1) is 10.0. The van der Waals surface area contributed by atoms with Crippen molar-refractivity contribution >= 4 is 11.4 Å². The quantitative estimate of drug-likeness (QED) is 0.678. The lowest BCUT2D eigenvalue weighted by Crippen LogP contribution is -2.05. The van der Waals surface area contributed by atoms with Crippen LogP contribution in [-0.2, 0) is 6.18 Å². The summed E-state index contributed by atoms with van der Waals surface area (Å²) in [5, 5.41) is 12.4. The molecule has 3 N–H and O–H groups in total. The highest BCUT2D eigenvalue weighted by molar-refractivity contribution is 5.77. The van der Waals surface area contributed by atoms with E-state index in [9.17, 15) is 13.2 Å². The lowest BCUT2D eigenvalue weighted by atomic mass is 10.1. The van der Waals surface area contributed by atoms with Crippen LogP contribution in [0.4, 0.5) is 24.5 Å². The van der Waals surface area contributed by atoms with Gasteiger partial charge in [0.1, 0.15) is 0 Å². The Bertz CT molecular complexity index is 716. The lowest BCUT2D eigenvalue weighted by Gasteiger charge is -2.13. The van der Waals surface area contributed by atoms with Gasteiger partial charge >= 0.3 is 6.18 Å². The highest BCUT2D eigenvalue weighted by atomic mass is 19.4. The summed E-state index contributed by atoms with van der Waals surface area (Å²) in [6.07, 6.45) is -4.33. The monoisotopic (exact) mass is 292 g/mol. The largest absolute Gasteiger partial charge is 0.416 e. The van der Waals surface area contributed by atoms with Gasteiger partial charge in [0.05, 0.1) is 5.56 Å². The Morgan fingerprint density at radius 2 is 1.62 bits per heavy atom. The number of hydrogen-bond donors (Lipinski definition) is 3. The number of nitrogens with one attached hydrogen (secondary N) is 3. The van der Waals surface area contributed by atoms with Crippen molar-refractivity contribution in [3.63, 3.8) is 0 Å². The molecule has 3 aromatic rings. The minimum Gasteiger partial charge on any atom is -0.355 e. The number of anilines is 2. The normalized spacial score (nSPS) is 11.6. The molecule has 0 aliphatic carbocycles. The number of hydrogen-bond acceptors (Lipinski definition) is 2. The molecular weight excluding hydrogens is 281 g/mol. The number of aromatic nitrogens is 3. The van der Waals surface area contributed by atoms with Crippen molar-refractivity contribution in [1.29, 1.82) is 0 Å². The predicted molar refractivity (Wildman–Crippen MR) is 73.1 cm³/mol. The van der Waals surface area contributed by atoms with E-state index in [1.54, 1.807) is 0 Å². The summed E-state index contributed by atoms with van der Waals surface area (Å²) < 4.78 is 37.6. The second kappa shape index (κ2) is 5.01. The number of benzene rings is 2. The van der Waals surface area contributed by atoms with E-state index in [0.29, 0.717) is 11.5 Å². The summed E-state index contributed by atoms with van der Waals surface area (Å²) in [7, 11) is 0. The average Bonchev–Trinajstić information content (AvgIpc) is 2.39. The van der Waals surface area contributed by atoms with Crippen molar-refractivity contribution in [3.8, 4) is 11.4 Å². The molecule has 108 valence electrons. The molecule has 2 aromatic carbocycles. The van der Waals surface area contributed by atoms with E-state index < -0.39 is 11.7 Å². The summed E-state index contributed by atoms with van der Waals surface area (Å²) in [5.41, 5.74) is 1.49. The van der Waals surface area contributed by atoms with Crippen molar-refractivity contribution < 1.29 is 13.2 Å². The summed E-state index contributed by atoms with van der Waals surface area (Å²) in [4.78, 5) is 0. The fourth-order valence-electron chi connectivity index (χ4n) is 1.94. The third-order valence-electron chi connectivity index (χ3n) is 3.02. The maximum Gasteiger partial charge on any atom is 0.416 e. The highest BCUT2D eigenvalue weighted by Gasteiger charge is 2.29. The van der Waals surface area contributed by atoms with Gasteiger partial charge in [-0.05, 0) is 36.4 Å². The van der Waals surface area contributed by atoms with Gasteiger partial charge in [-0.15, -0.1) is 5.10 Å². The summed E-state index contributed by atoms with van der Waals surface area (Å²) in [6, 6.07) is 12.3. The molecule has 0 fully saturated rings. The summed E-state index contributed by atoms with van der Waals surface area (Å²) in [5.74, 6) is 0.671. The Hall–Kier alpha value is -2.70. The Labute approximate surface area is 118 Å². The molecule has 0 unspecified atom stereocenters. The number of para-hydroxylation sites is 1. The zero-order chi connectivity index (χ0) is 14.9. The molecule has 4 nitrogen and oxygen atoms in total. The van der Waals surface area contributed by atoms with Gasteiger partial charge < -0.3 is 5.32 Å². The van der Waals surface area contributed by atoms with Gasteiger partial charge in [0.25, 0.3) is 0 Å². The van der Waals surface area contributed by atoms with Crippen molar-refractivity contribution in [2.24, 2.45) is 0 Å². The van der Waals surface area contributed by atoms with Crippen molar-refractivity contribution in [1.82, 2.24) is 15.4 Å².